The van der Waals surface area contributed by atoms with E-state index in [1.807, 2.05) is 0 Å². The van der Waals surface area contributed by atoms with E-state index in [-0.39, 0.29) is 0 Å². The molecule has 1 N–H and O–H groups in total. The second-order valence-corrected chi connectivity index (χ2v) is 4.04. The van der Waals surface area contributed by atoms with Crippen molar-refractivity contribution in [3.63, 3.8) is 0 Å². The third-order valence-corrected chi connectivity index (χ3v) is 2.71. The molecule has 0 aromatic heterocycles. The van der Waals surface area contributed by atoms with E-state index in [0.717, 1.165) is 6.17 Å². The van der Waals surface area contributed by atoms with Crippen molar-refractivity contribution in [2.75, 3.05) is 6.54 Å². The molecule has 0 aromatic rings. The van der Waals surface area contributed by atoms with E-state index < -0.39 is 0 Å². The maximum Gasteiger partial charge on any atom is 0.0863 e. The summed E-state index contributed by atoms with van der Waals surface area (Å²) in [4.78, 5) is 0. The molecule has 0 amide bonds. The number of nitrogens with zero attached hydrogens (tertiary/aromatic N) is 1. The topological polar surface area (TPSA) is 25.0 Å². The van der Waals surface area contributed by atoms with Gasteiger partial charge in [0.25, 0.3) is 0 Å². The highest BCUT2D eigenvalue weighted by atomic mass is 15.7. The minimum Gasteiger partial charge on any atom is -0.235 e. The van der Waals surface area contributed by atoms with Gasteiger partial charge >= 0.3 is 0 Å². The van der Waals surface area contributed by atoms with Gasteiger partial charge in [-0.2, -0.15) is 0 Å². The molecule has 2 atom stereocenters. The molecule has 1 unspecified atom stereocenters. The molecular formula is C11H24N2. The number of rotatable bonds is 8. The lowest BCUT2D eigenvalue weighted by molar-refractivity contribution is 0.447. The Kier molecular flexibility index (Phi) is 5.40. The largest absolute Gasteiger partial charge is 0.235 e. The van der Waals surface area contributed by atoms with Gasteiger partial charge in [0, 0.05) is 6.54 Å². The zero-order valence-corrected chi connectivity index (χ0v) is 9.18. The average Bonchev–Trinajstić information content (AvgIpc) is 2.88. The van der Waals surface area contributed by atoms with Crippen molar-refractivity contribution >= 4 is 0 Å². The van der Waals surface area contributed by atoms with Crippen molar-refractivity contribution in [1.29, 1.82) is 0 Å². The average molecular weight is 184 g/mol. The molecule has 1 rings (SSSR count). The van der Waals surface area contributed by atoms with Crippen molar-refractivity contribution in [2.24, 2.45) is 0 Å². The van der Waals surface area contributed by atoms with Crippen molar-refractivity contribution in [1.82, 2.24) is 10.4 Å². The smallest absolute Gasteiger partial charge is 0.0863 e. The highest BCUT2D eigenvalue weighted by Crippen LogP contribution is 2.17. The van der Waals surface area contributed by atoms with E-state index in [4.69, 9.17) is 0 Å². The van der Waals surface area contributed by atoms with E-state index >= 15 is 0 Å². The van der Waals surface area contributed by atoms with Crippen LogP contribution in [0, 0.1) is 0 Å². The molecule has 0 saturated carbocycles. The van der Waals surface area contributed by atoms with Gasteiger partial charge < -0.3 is 0 Å². The number of unbranched alkanes of at least 4 members (excludes halogenated alkanes) is 4. The SMILES string of the molecule is CCCCCC[C@@H]1NN1CCCC. The van der Waals surface area contributed by atoms with Gasteiger partial charge in [-0.15, -0.1) is 0 Å². The molecule has 1 saturated heterocycles. The lowest BCUT2D eigenvalue weighted by Gasteiger charge is -1.99. The molecule has 78 valence electrons. The first kappa shape index (κ1) is 11.0. The highest BCUT2D eigenvalue weighted by molar-refractivity contribution is 4.77. The Morgan fingerprint density at radius 3 is 2.46 bits per heavy atom. The zero-order valence-electron chi connectivity index (χ0n) is 9.18. The normalized spacial score (nSPS) is 26.3. The predicted molar refractivity (Wildman–Crippen MR) is 57.3 cm³/mol. The maximum atomic E-state index is 3.41. The van der Waals surface area contributed by atoms with Crippen molar-refractivity contribution in [2.45, 2.75) is 65.0 Å². The summed E-state index contributed by atoms with van der Waals surface area (Å²) in [6.07, 6.45) is 10.3. The minimum absolute atomic E-state index is 0.725. The molecule has 2 nitrogen and oxygen atoms in total. The fourth-order valence-electron chi connectivity index (χ4n) is 1.69. The molecule has 1 heterocycles. The van der Waals surface area contributed by atoms with Gasteiger partial charge in [-0.25, -0.2) is 10.4 Å². The van der Waals surface area contributed by atoms with Crippen LogP contribution in [0.1, 0.15) is 58.8 Å². The maximum absolute atomic E-state index is 3.41. The number of hydrazine groups is 1. The van der Waals surface area contributed by atoms with Gasteiger partial charge in [0.2, 0.25) is 0 Å². The van der Waals surface area contributed by atoms with Crippen LogP contribution in [0.3, 0.4) is 0 Å². The summed E-state index contributed by atoms with van der Waals surface area (Å²) in [5.41, 5.74) is 3.41. The Balaban J connectivity index is 1.83. The van der Waals surface area contributed by atoms with Crippen molar-refractivity contribution in [3.05, 3.63) is 0 Å². The standard InChI is InChI=1S/C11H24N2/c1-3-5-7-8-9-11-12-13(11)10-6-4-2/h11-12H,3-10H2,1-2H3/t11-,13?/m1/s1. The Morgan fingerprint density at radius 1 is 1.00 bits per heavy atom. The number of nitrogens with one attached hydrogen (secondary N) is 1. The first-order chi connectivity index (χ1) is 6.38. The zero-order chi connectivity index (χ0) is 9.52. The van der Waals surface area contributed by atoms with Gasteiger partial charge in [-0.1, -0.05) is 46.0 Å². The summed E-state index contributed by atoms with van der Waals surface area (Å²) < 4.78 is 0. The Morgan fingerprint density at radius 2 is 1.77 bits per heavy atom. The van der Waals surface area contributed by atoms with Crippen LogP contribution in [0.5, 0.6) is 0 Å². The third kappa shape index (κ3) is 4.63. The van der Waals surface area contributed by atoms with Gasteiger partial charge in [-0.05, 0) is 12.8 Å². The van der Waals surface area contributed by atoms with Gasteiger partial charge in [0.15, 0.2) is 0 Å². The van der Waals surface area contributed by atoms with Crippen molar-refractivity contribution < 1.29 is 0 Å². The Labute approximate surface area is 82.7 Å². The van der Waals surface area contributed by atoms with Crippen LogP contribution in [0.15, 0.2) is 0 Å². The Bertz CT molecular complexity index is 125. The molecule has 0 spiro atoms. The van der Waals surface area contributed by atoms with Crippen LogP contribution in [-0.2, 0) is 0 Å². The van der Waals surface area contributed by atoms with E-state index in [1.54, 1.807) is 0 Å². The fourth-order valence-corrected chi connectivity index (χ4v) is 1.69. The van der Waals surface area contributed by atoms with Crippen LogP contribution < -0.4 is 5.43 Å². The predicted octanol–water partition coefficient (Wildman–Crippen LogP) is 2.90. The quantitative estimate of drug-likeness (QED) is 0.463. The third-order valence-electron chi connectivity index (χ3n) is 2.71. The van der Waals surface area contributed by atoms with Crippen LogP contribution in [0.25, 0.3) is 0 Å². The lowest BCUT2D eigenvalue weighted by atomic mass is 10.1. The minimum atomic E-state index is 0.725. The Hall–Kier alpha value is -0.0800. The molecule has 0 aromatic carbocycles. The number of hydrogen-bond acceptors (Lipinski definition) is 2. The van der Waals surface area contributed by atoms with Crippen molar-refractivity contribution in [3.8, 4) is 0 Å². The van der Waals surface area contributed by atoms with Crippen LogP contribution in [0.4, 0.5) is 0 Å². The summed E-state index contributed by atoms with van der Waals surface area (Å²) >= 11 is 0. The molecule has 1 aliphatic rings. The lowest BCUT2D eigenvalue weighted by Crippen LogP contribution is -2.04. The summed E-state index contributed by atoms with van der Waals surface area (Å²) in [6.45, 7) is 5.76. The second-order valence-electron chi connectivity index (χ2n) is 4.04. The van der Waals surface area contributed by atoms with Crippen LogP contribution in [0.2, 0.25) is 0 Å². The van der Waals surface area contributed by atoms with E-state index in [9.17, 15) is 0 Å². The monoisotopic (exact) mass is 184 g/mol. The van der Waals surface area contributed by atoms with E-state index in [2.05, 4.69) is 24.3 Å². The van der Waals surface area contributed by atoms with E-state index in [1.165, 1.54) is 51.5 Å². The van der Waals surface area contributed by atoms with Gasteiger partial charge in [-0.3, -0.25) is 0 Å². The molecule has 0 bridgehead atoms. The molecule has 0 radical (unpaired) electrons. The van der Waals surface area contributed by atoms with Crippen LogP contribution >= 0.6 is 0 Å². The molecule has 13 heavy (non-hydrogen) atoms. The molecular weight excluding hydrogens is 160 g/mol. The fraction of sp³-hybridized carbons (Fsp3) is 1.00. The second kappa shape index (κ2) is 6.39. The summed E-state index contributed by atoms with van der Waals surface area (Å²) in [5, 5.41) is 2.38. The summed E-state index contributed by atoms with van der Waals surface area (Å²) in [6, 6.07) is 0. The summed E-state index contributed by atoms with van der Waals surface area (Å²) in [7, 11) is 0. The first-order valence-corrected chi connectivity index (χ1v) is 5.91. The summed E-state index contributed by atoms with van der Waals surface area (Å²) in [5.74, 6) is 0. The molecule has 1 fully saturated rings. The van der Waals surface area contributed by atoms with E-state index in [0.29, 0.717) is 0 Å². The highest BCUT2D eigenvalue weighted by Gasteiger charge is 2.30. The van der Waals surface area contributed by atoms with Crippen LogP contribution in [-0.4, -0.2) is 17.7 Å². The number of hydrogen-bond donors (Lipinski definition) is 1. The molecule has 0 aliphatic carbocycles. The van der Waals surface area contributed by atoms with Gasteiger partial charge in [0.1, 0.15) is 0 Å². The van der Waals surface area contributed by atoms with Gasteiger partial charge in [0.05, 0.1) is 6.17 Å². The molecule has 2 heteroatoms. The first-order valence-electron chi connectivity index (χ1n) is 5.91. The molecule has 1 aliphatic heterocycles.